The summed E-state index contributed by atoms with van der Waals surface area (Å²) in [7, 11) is 0. The molecule has 1 unspecified atom stereocenters. The highest BCUT2D eigenvalue weighted by atomic mass is 14.1. The summed E-state index contributed by atoms with van der Waals surface area (Å²) in [6.07, 6.45) is 12.1. The first kappa shape index (κ1) is 14.7. The lowest BCUT2D eigenvalue weighted by molar-refractivity contribution is 0.508. The van der Waals surface area contributed by atoms with Crippen molar-refractivity contribution in [2.45, 2.75) is 78.6 Å². The molecule has 0 amide bonds. The van der Waals surface area contributed by atoms with Gasteiger partial charge in [-0.2, -0.15) is 0 Å². The van der Waals surface area contributed by atoms with Crippen molar-refractivity contribution in [2.24, 2.45) is 5.92 Å². The molecule has 0 aromatic rings. The number of hydrogen-bond donors (Lipinski definition) is 0. The zero-order chi connectivity index (χ0) is 11.5. The Labute approximate surface area is 97.2 Å². The summed E-state index contributed by atoms with van der Waals surface area (Å²) in [4.78, 5) is 0. The lowest BCUT2D eigenvalue weighted by Crippen LogP contribution is -1.93. The van der Waals surface area contributed by atoms with Gasteiger partial charge in [0, 0.05) is 0 Å². The normalized spacial score (nSPS) is 12.7. The average Bonchev–Trinajstić information content (AvgIpc) is 2.25. The van der Waals surface area contributed by atoms with Crippen LogP contribution in [0.4, 0.5) is 0 Å². The van der Waals surface area contributed by atoms with Crippen LogP contribution in [0.3, 0.4) is 0 Å². The summed E-state index contributed by atoms with van der Waals surface area (Å²) >= 11 is 0. The van der Waals surface area contributed by atoms with E-state index >= 15 is 0 Å². The molecule has 0 saturated carbocycles. The van der Waals surface area contributed by atoms with Crippen molar-refractivity contribution in [1.82, 2.24) is 0 Å². The van der Waals surface area contributed by atoms with Crippen molar-refractivity contribution in [2.75, 3.05) is 0 Å². The van der Waals surface area contributed by atoms with E-state index < -0.39 is 0 Å². The fourth-order valence-corrected chi connectivity index (χ4v) is 1.76. The molecule has 0 bridgehead atoms. The van der Waals surface area contributed by atoms with E-state index in [2.05, 4.69) is 27.4 Å². The monoisotopic (exact) mass is 210 g/mol. The Hall–Kier alpha value is -0.260. The van der Waals surface area contributed by atoms with Gasteiger partial charge in [0.05, 0.1) is 0 Å². The van der Waals surface area contributed by atoms with E-state index in [4.69, 9.17) is 0 Å². The molecule has 0 aromatic carbocycles. The maximum atomic E-state index is 4.18. The molecule has 0 aliphatic carbocycles. The van der Waals surface area contributed by atoms with Crippen LogP contribution in [0.15, 0.2) is 12.2 Å². The van der Waals surface area contributed by atoms with E-state index in [0.717, 1.165) is 5.92 Å². The van der Waals surface area contributed by atoms with Gasteiger partial charge < -0.3 is 0 Å². The van der Waals surface area contributed by atoms with Crippen LogP contribution in [0.25, 0.3) is 0 Å². The molecule has 0 spiro atoms. The van der Waals surface area contributed by atoms with E-state index in [0.29, 0.717) is 0 Å². The molecule has 0 N–H and O–H groups in total. The summed E-state index contributed by atoms with van der Waals surface area (Å²) in [6, 6.07) is 0. The van der Waals surface area contributed by atoms with Gasteiger partial charge in [-0.1, -0.05) is 65.0 Å². The summed E-state index contributed by atoms with van der Waals surface area (Å²) in [5, 5.41) is 0. The molecule has 0 saturated heterocycles. The van der Waals surface area contributed by atoms with Crippen LogP contribution in [0, 0.1) is 5.92 Å². The molecule has 0 heterocycles. The Balaban J connectivity index is 3.26. The fraction of sp³-hybridized carbons (Fsp3) is 0.867. The van der Waals surface area contributed by atoms with Gasteiger partial charge in [0.15, 0.2) is 0 Å². The van der Waals surface area contributed by atoms with Gasteiger partial charge in [-0.05, 0) is 31.6 Å². The number of hydrogen-bond acceptors (Lipinski definition) is 0. The SMILES string of the molecule is C=C(CCCCCCC)CCC(C)CC. The smallest absolute Gasteiger partial charge is 0.0320 e. The first-order chi connectivity index (χ1) is 7.20. The molecule has 0 radical (unpaired) electrons. The number of rotatable bonds is 10. The van der Waals surface area contributed by atoms with E-state index in [1.165, 1.54) is 63.4 Å². The van der Waals surface area contributed by atoms with E-state index in [1.807, 2.05) is 0 Å². The Morgan fingerprint density at radius 3 is 2.27 bits per heavy atom. The van der Waals surface area contributed by atoms with E-state index in [1.54, 1.807) is 0 Å². The highest BCUT2D eigenvalue weighted by Gasteiger charge is 2.00. The Bertz CT molecular complexity index is 146. The highest BCUT2D eigenvalue weighted by molar-refractivity contribution is 4.93. The lowest BCUT2D eigenvalue weighted by Gasteiger charge is -2.09. The third-order valence-corrected chi connectivity index (χ3v) is 3.32. The maximum Gasteiger partial charge on any atom is -0.0320 e. The lowest BCUT2D eigenvalue weighted by atomic mass is 9.97. The zero-order valence-corrected chi connectivity index (χ0v) is 11.1. The van der Waals surface area contributed by atoms with Gasteiger partial charge in [-0.3, -0.25) is 0 Å². The van der Waals surface area contributed by atoms with Crippen molar-refractivity contribution in [3.8, 4) is 0 Å². The van der Waals surface area contributed by atoms with E-state index in [9.17, 15) is 0 Å². The second kappa shape index (κ2) is 10.3. The minimum Gasteiger partial charge on any atom is -0.0999 e. The largest absolute Gasteiger partial charge is 0.0999 e. The quantitative estimate of drug-likeness (QED) is 0.319. The van der Waals surface area contributed by atoms with Crippen molar-refractivity contribution >= 4 is 0 Å². The molecule has 0 aliphatic rings. The summed E-state index contributed by atoms with van der Waals surface area (Å²) in [5.74, 6) is 0.877. The Morgan fingerprint density at radius 2 is 1.67 bits per heavy atom. The zero-order valence-electron chi connectivity index (χ0n) is 11.1. The van der Waals surface area contributed by atoms with Crippen LogP contribution in [-0.2, 0) is 0 Å². The van der Waals surface area contributed by atoms with Crippen LogP contribution >= 0.6 is 0 Å². The van der Waals surface area contributed by atoms with Gasteiger partial charge >= 0.3 is 0 Å². The van der Waals surface area contributed by atoms with Crippen molar-refractivity contribution in [3.63, 3.8) is 0 Å². The summed E-state index contributed by atoms with van der Waals surface area (Å²) in [6.45, 7) is 11.1. The minimum atomic E-state index is 0.877. The van der Waals surface area contributed by atoms with Crippen molar-refractivity contribution < 1.29 is 0 Å². The van der Waals surface area contributed by atoms with Crippen LogP contribution in [0.5, 0.6) is 0 Å². The highest BCUT2D eigenvalue weighted by Crippen LogP contribution is 2.18. The molecule has 90 valence electrons. The van der Waals surface area contributed by atoms with Crippen molar-refractivity contribution in [1.29, 1.82) is 0 Å². The molecular formula is C15H30. The fourth-order valence-electron chi connectivity index (χ4n) is 1.76. The third-order valence-electron chi connectivity index (χ3n) is 3.32. The molecule has 0 rings (SSSR count). The van der Waals surface area contributed by atoms with Crippen LogP contribution < -0.4 is 0 Å². The van der Waals surface area contributed by atoms with Gasteiger partial charge in [0.25, 0.3) is 0 Å². The van der Waals surface area contributed by atoms with Gasteiger partial charge in [-0.25, -0.2) is 0 Å². The first-order valence-electron chi connectivity index (χ1n) is 6.87. The molecule has 0 nitrogen and oxygen atoms in total. The van der Waals surface area contributed by atoms with Crippen molar-refractivity contribution in [3.05, 3.63) is 12.2 Å². The standard InChI is InChI=1S/C15H30/c1-5-7-8-9-10-11-15(4)13-12-14(3)6-2/h14H,4-13H2,1-3H3. The maximum absolute atomic E-state index is 4.18. The molecular weight excluding hydrogens is 180 g/mol. The van der Waals surface area contributed by atoms with Gasteiger partial charge in [-0.15, -0.1) is 0 Å². The van der Waals surface area contributed by atoms with Crippen LogP contribution in [0.2, 0.25) is 0 Å². The molecule has 15 heavy (non-hydrogen) atoms. The molecule has 1 atom stereocenters. The average molecular weight is 210 g/mol. The van der Waals surface area contributed by atoms with Gasteiger partial charge in [0.1, 0.15) is 0 Å². The summed E-state index contributed by atoms with van der Waals surface area (Å²) < 4.78 is 0. The predicted octanol–water partition coefficient (Wildman–Crippen LogP) is 5.73. The number of allylic oxidation sites excluding steroid dienone is 1. The Morgan fingerprint density at radius 1 is 1.00 bits per heavy atom. The summed E-state index contributed by atoms with van der Waals surface area (Å²) in [5.41, 5.74) is 1.48. The third kappa shape index (κ3) is 10.0. The predicted molar refractivity (Wildman–Crippen MR) is 71.2 cm³/mol. The topological polar surface area (TPSA) is 0 Å². The van der Waals surface area contributed by atoms with Crippen LogP contribution in [0.1, 0.15) is 78.6 Å². The molecule has 0 fully saturated rings. The van der Waals surface area contributed by atoms with Crippen LogP contribution in [-0.4, -0.2) is 0 Å². The second-order valence-electron chi connectivity index (χ2n) is 4.97. The molecule has 0 aliphatic heterocycles. The minimum absolute atomic E-state index is 0.877. The van der Waals surface area contributed by atoms with Gasteiger partial charge in [0.2, 0.25) is 0 Å². The van der Waals surface area contributed by atoms with E-state index in [-0.39, 0.29) is 0 Å². The first-order valence-corrected chi connectivity index (χ1v) is 6.87. The molecule has 0 heteroatoms. The Kier molecular flexibility index (Phi) is 10.1. The number of unbranched alkanes of at least 4 members (excludes halogenated alkanes) is 4. The second-order valence-corrected chi connectivity index (χ2v) is 4.97. The molecule has 0 aromatic heterocycles.